The number of ether oxygens (including phenoxy) is 3. The fourth-order valence-electron chi connectivity index (χ4n) is 4.19. The van der Waals surface area contributed by atoms with Crippen LogP contribution in [0.15, 0.2) is 41.5 Å². The van der Waals surface area contributed by atoms with E-state index in [1.807, 2.05) is 52.0 Å². The van der Waals surface area contributed by atoms with Gasteiger partial charge in [0.1, 0.15) is 0 Å². The molecule has 0 aliphatic heterocycles. The molecule has 2 N–H and O–H groups in total. The second-order valence-corrected chi connectivity index (χ2v) is 8.64. The van der Waals surface area contributed by atoms with E-state index in [0.29, 0.717) is 48.3 Å². The molecule has 0 saturated heterocycles. The van der Waals surface area contributed by atoms with Crippen molar-refractivity contribution in [2.45, 2.75) is 59.8 Å². The third-order valence-electron chi connectivity index (χ3n) is 6.04. The highest BCUT2D eigenvalue weighted by Gasteiger charge is 2.21. The summed E-state index contributed by atoms with van der Waals surface area (Å²) >= 11 is 0. The van der Waals surface area contributed by atoms with Crippen molar-refractivity contribution in [1.82, 2.24) is 5.43 Å². The molecule has 8 nitrogen and oxygen atoms in total. The highest BCUT2D eigenvalue weighted by Crippen LogP contribution is 2.39. The summed E-state index contributed by atoms with van der Waals surface area (Å²) in [5, 5.41) is 7.27. The largest absolute Gasteiger partial charge is 0.490 e. The minimum atomic E-state index is -0.393. The van der Waals surface area contributed by atoms with Gasteiger partial charge in [-0.15, -0.1) is 0 Å². The first-order valence-electron chi connectivity index (χ1n) is 12.8. The minimum absolute atomic E-state index is 0.0910. The molecule has 0 aromatic heterocycles. The number of benzene rings is 2. The summed E-state index contributed by atoms with van der Waals surface area (Å²) in [5.74, 6) is 1.17. The Labute approximate surface area is 213 Å². The molecule has 1 saturated carbocycles. The van der Waals surface area contributed by atoms with Gasteiger partial charge >= 0.3 is 0 Å². The van der Waals surface area contributed by atoms with Crippen LogP contribution in [-0.4, -0.2) is 37.3 Å². The second kappa shape index (κ2) is 13.5. The van der Waals surface area contributed by atoms with Gasteiger partial charge in [-0.1, -0.05) is 31.4 Å². The van der Waals surface area contributed by atoms with Gasteiger partial charge in [0.2, 0.25) is 11.7 Å². The standard InChI is InChI=1S/C28H37N3O5/c1-5-34-24-17-22(18-25(35-6-2)26(24)36-7-3)28(33)31-30-19(4)20-13-15-23(16-14-20)29-27(32)21-11-9-8-10-12-21/h13-18,21H,5-12H2,1-4H3,(H,29,32)(H,31,33)/b30-19+. The third-order valence-corrected chi connectivity index (χ3v) is 6.04. The van der Waals surface area contributed by atoms with Crippen molar-refractivity contribution >= 4 is 23.2 Å². The van der Waals surface area contributed by atoms with E-state index < -0.39 is 5.91 Å². The van der Waals surface area contributed by atoms with Crippen LogP contribution in [0.3, 0.4) is 0 Å². The Kier molecular flexibility index (Phi) is 10.2. The zero-order valence-electron chi connectivity index (χ0n) is 21.7. The first kappa shape index (κ1) is 27.0. The predicted octanol–water partition coefficient (Wildman–Crippen LogP) is 5.56. The first-order chi connectivity index (χ1) is 17.5. The van der Waals surface area contributed by atoms with E-state index in [0.717, 1.165) is 36.9 Å². The molecule has 0 heterocycles. The Bertz CT molecular complexity index is 1030. The SMILES string of the molecule is CCOc1cc(C(=O)N/N=C(\C)c2ccc(NC(=O)C3CCCCC3)cc2)cc(OCC)c1OCC. The summed E-state index contributed by atoms with van der Waals surface area (Å²) in [4.78, 5) is 25.3. The highest BCUT2D eigenvalue weighted by atomic mass is 16.5. The van der Waals surface area contributed by atoms with Crippen LogP contribution < -0.4 is 25.0 Å². The van der Waals surface area contributed by atoms with Crippen LogP contribution in [-0.2, 0) is 4.79 Å². The van der Waals surface area contributed by atoms with E-state index in [4.69, 9.17) is 14.2 Å². The lowest BCUT2D eigenvalue weighted by Crippen LogP contribution is -2.24. The van der Waals surface area contributed by atoms with Crippen LogP contribution in [0.4, 0.5) is 5.69 Å². The molecule has 8 heteroatoms. The van der Waals surface area contributed by atoms with Crippen molar-refractivity contribution < 1.29 is 23.8 Å². The summed E-state index contributed by atoms with van der Waals surface area (Å²) in [5.41, 5.74) is 5.18. The molecule has 0 bridgehead atoms. The van der Waals surface area contributed by atoms with Crippen molar-refractivity contribution in [2.75, 3.05) is 25.1 Å². The summed E-state index contributed by atoms with van der Waals surface area (Å²) in [7, 11) is 0. The number of anilines is 1. The summed E-state index contributed by atoms with van der Waals surface area (Å²) in [6.07, 6.45) is 5.38. The Balaban J connectivity index is 1.68. The fourth-order valence-corrected chi connectivity index (χ4v) is 4.19. The number of nitrogens with one attached hydrogen (secondary N) is 2. The van der Waals surface area contributed by atoms with E-state index >= 15 is 0 Å². The quantitative estimate of drug-likeness (QED) is 0.314. The Morgan fingerprint density at radius 3 is 2.00 bits per heavy atom. The van der Waals surface area contributed by atoms with E-state index in [-0.39, 0.29) is 11.8 Å². The molecule has 2 aromatic carbocycles. The van der Waals surface area contributed by atoms with Crippen LogP contribution in [0, 0.1) is 5.92 Å². The number of hydrazone groups is 1. The molecular weight excluding hydrogens is 458 g/mol. The third kappa shape index (κ3) is 7.23. The molecule has 194 valence electrons. The van der Waals surface area contributed by atoms with Crippen LogP contribution in [0.2, 0.25) is 0 Å². The van der Waals surface area contributed by atoms with Crippen LogP contribution in [0.5, 0.6) is 17.2 Å². The molecule has 1 aliphatic carbocycles. The molecule has 36 heavy (non-hydrogen) atoms. The van der Waals surface area contributed by atoms with Crippen molar-refractivity contribution in [2.24, 2.45) is 11.0 Å². The minimum Gasteiger partial charge on any atom is -0.490 e. The Hall–Kier alpha value is -3.55. The Morgan fingerprint density at radius 2 is 1.44 bits per heavy atom. The Morgan fingerprint density at radius 1 is 0.861 bits per heavy atom. The monoisotopic (exact) mass is 495 g/mol. The predicted molar refractivity (Wildman–Crippen MR) is 141 cm³/mol. The van der Waals surface area contributed by atoms with Gasteiger partial charge in [0.05, 0.1) is 25.5 Å². The number of rotatable bonds is 11. The van der Waals surface area contributed by atoms with E-state index in [2.05, 4.69) is 15.8 Å². The lowest BCUT2D eigenvalue weighted by atomic mass is 9.88. The molecule has 2 aromatic rings. The number of carbonyl (C=O) groups is 2. The first-order valence-corrected chi connectivity index (χ1v) is 12.8. The second-order valence-electron chi connectivity index (χ2n) is 8.64. The average molecular weight is 496 g/mol. The molecule has 0 atom stereocenters. The highest BCUT2D eigenvalue weighted by molar-refractivity contribution is 6.01. The molecule has 2 amide bonds. The lowest BCUT2D eigenvalue weighted by molar-refractivity contribution is -0.120. The summed E-state index contributed by atoms with van der Waals surface area (Å²) < 4.78 is 17.1. The maximum Gasteiger partial charge on any atom is 0.271 e. The van der Waals surface area contributed by atoms with Crippen molar-refractivity contribution in [3.63, 3.8) is 0 Å². The summed E-state index contributed by atoms with van der Waals surface area (Å²) in [6, 6.07) is 10.7. The van der Waals surface area contributed by atoms with Gasteiger partial charge in [0.15, 0.2) is 11.5 Å². The van der Waals surface area contributed by atoms with E-state index in [1.54, 1.807) is 12.1 Å². The maximum absolute atomic E-state index is 12.9. The van der Waals surface area contributed by atoms with Crippen molar-refractivity contribution in [1.29, 1.82) is 0 Å². The number of amides is 2. The van der Waals surface area contributed by atoms with Gasteiger partial charge < -0.3 is 19.5 Å². The van der Waals surface area contributed by atoms with Gasteiger partial charge in [0.25, 0.3) is 5.91 Å². The van der Waals surface area contributed by atoms with Crippen LogP contribution in [0.25, 0.3) is 0 Å². The van der Waals surface area contributed by atoms with Crippen molar-refractivity contribution in [3.8, 4) is 17.2 Å². The van der Waals surface area contributed by atoms with E-state index in [1.165, 1.54) is 6.42 Å². The van der Waals surface area contributed by atoms with Gasteiger partial charge in [-0.3, -0.25) is 9.59 Å². The number of carbonyl (C=O) groups excluding carboxylic acids is 2. The zero-order valence-corrected chi connectivity index (χ0v) is 21.7. The average Bonchev–Trinajstić information content (AvgIpc) is 2.90. The van der Waals surface area contributed by atoms with Gasteiger partial charge in [0, 0.05) is 17.2 Å². The normalized spacial score (nSPS) is 14.2. The smallest absolute Gasteiger partial charge is 0.271 e. The number of nitrogens with zero attached hydrogens (tertiary/aromatic N) is 1. The van der Waals surface area contributed by atoms with Crippen LogP contribution >= 0.6 is 0 Å². The molecular formula is C28H37N3O5. The van der Waals surface area contributed by atoms with Gasteiger partial charge in [-0.05, 0) is 70.4 Å². The lowest BCUT2D eigenvalue weighted by Gasteiger charge is -2.20. The molecule has 0 spiro atoms. The number of hydrogen-bond donors (Lipinski definition) is 2. The topological polar surface area (TPSA) is 98.2 Å². The molecule has 0 unspecified atom stereocenters. The fraction of sp³-hybridized carbons (Fsp3) is 0.464. The summed E-state index contributed by atoms with van der Waals surface area (Å²) in [6.45, 7) is 8.70. The molecule has 0 radical (unpaired) electrons. The van der Waals surface area contributed by atoms with Gasteiger partial charge in [-0.25, -0.2) is 5.43 Å². The van der Waals surface area contributed by atoms with Crippen molar-refractivity contribution in [3.05, 3.63) is 47.5 Å². The number of hydrogen-bond acceptors (Lipinski definition) is 6. The molecule has 3 rings (SSSR count). The molecule has 1 aliphatic rings. The maximum atomic E-state index is 12.9. The van der Waals surface area contributed by atoms with E-state index in [9.17, 15) is 9.59 Å². The van der Waals surface area contributed by atoms with Crippen LogP contribution in [0.1, 0.15) is 75.7 Å². The van der Waals surface area contributed by atoms with Gasteiger partial charge in [-0.2, -0.15) is 5.10 Å². The molecule has 1 fully saturated rings. The zero-order chi connectivity index (χ0) is 25.9.